The van der Waals surface area contributed by atoms with Crippen molar-refractivity contribution in [3.8, 4) is 5.75 Å². The van der Waals surface area contributed by atoms with E-state index in [1.807, 2.05) is 12.3 Å². The molecule has 172 valence electrons. The van der Waals surface area contributed by atoms with Crippen molar-refractivity contribution in [2.75, 3.05) is 11.9 Å². The van der Waals surface area contributed by atoms with Crippen molar-refractivity contribution in [1.29, 1.82) is 0 Å². The van der Waals surface area contributed by atoms with Crippen molar-refractivity contribution >= 4 is 29.0 Å². The quantitative estimate of drug-likeness (QED) is 0.255. The van der Waals surface area contributed by atoms with Gasteiger partial charge in [-0.3, -0.25) is 19.6 Å². The Balaban J connectivity index is 1.52. The Morgan fingerprint density at radius 2 is 1.94 bits per heavy atom. The molecule has 10 heteroatoms. The number of nitrogens with one attached hydrogen (secondary N) is 1. The molecule has 34 heavy (non-hydrogen) atoms. The number of amides is 1. The molecule has 8 nitrogen and oxygen atoms in total. The molecule has 3 aromatic carbocycles. The topological polar surface area (TPSA) is 99.3 Å². The van der Waals surface area contributed by atoms with Gasteiger partial charge in [-0.05, 0) is 36.4 Å². The number of benzene rings is 3. The van der Waals surface area contributed by atoms with Gasteiger partial charge in [-0.1, -0.05) is 30.0 Å². The van der Waals surface area contributed by atoms with E-state index >= 15 is 0 Å². The number of nitrogens with zero attached hydrogens (tertiary/aromatic N) is 3. The Kier molecular flexibility index (Phi) is 7.19. The minimum atomic E-state index is -0.581. The number of ether oxygens (including phenoxy) is 1. The van der Waals surface area contributed by atoms with Crippen LogP contribution in [0.4, 0.5) is 15.8 Å². The number of rotatable bonds is 9. The minimum Gasteiger partial charge on any atom is -0.492 e. The van der Waals surface area contributed by atoms with E-state index in [1.165, 1.54) is 24.3 Å². The van der Waals surface area contributed by atoms with E-state index in [0.717, 1.165) is 11.8 Å². The van der Waals surface area contributed by atoms with Gasteiger partial charge in [-0.25, -0.2) is 4.39 Å². The fourth-order valence-electron chi connectivity index (χ4n) is 3.10. The number of nitro groups is 1. The Morgan fingerprint density at radius 1 is 1.09 bits per heavy atom. The highest BCUT2D eigenvalue weighted by Gasteiger charge is 2.19. The van der Waals surface area contributed by atoms with Gasteiger partial charge in [-0.15, -0.1) is 0 Å². The van der Waals surface area contributed by atoms with E-state index in [1.54, 1.807) is 53.3 Å². The second-order valence-corrected chi connectivity index (χ2v) is 8.15. The van der Waals surface area contributed by atoms with Crippen LogP contribution in [-0.2, 0) is 6.54 Å². The van der Waals surface area contributed by atoms with Crippen molar-refractivity contribution in [3.05, 3.63) is 107 Å². The molecule has 0 saturated carbocycles. The van der Waals surface area contributed by atoms with Crippen LogP contribution in [0.3, 0.4) is 0 Å². The highest BCUT2D eigenvalue weighted by Crippen LogP contribution is 2.34. The second-order valence-electron chi connectivity index (χ2n) is 7.07. The van der Waals surface area contributed by atoms with Crippen molar-refractivity contribution in [3.63, 3.8) is 0 Å². The summed E-state index contributed by atoms with van der Waals surface area (Å²) in [5.41, 5.74) is 0.279. The molecule has 0 radical (unpaired) electrons. The molecule has 0 aliphatic carbocycles. The van der Waals surface area contributed by atoms with Crippen LogP contribution in [-0.4, -0.2) is 27.2 Å². The van der Waals surface area contributed by atoms with Gasteiger partial charge < -0.3 is 10.1 Å². The van der Waals surface area contributed by atoms with Gasteiger partial charge in [0.15, 0.2) is 0 Å². The summed E-state index contributed by atoms with van der Waals surface area (Å²) >= 11 is 1.02. The Hall–Kier alpha value is -4.18. The van der Waals surface area contributed by atoms with Crippen molar-refractivity contribution < 1.29 is 18.8 Å². The van der Waals surface area contributed by atoms with Gasteiger partial charge in [0.1, 0.15) is 18.2 Å². The van der Waals surface area contributed by atoms with Crippen molar-refractivity contribution in [2.24, 2.45) is 0 Å². The number of aromatic nitrogens is 2. The van der Waals surface area contributed by atoms with Crippen LogP contribution in [0, 0.1) is 15.9 Å². The summed E-state index contributed by atoms with van der Waals surface area (Å²) in [5.74, 6) is -0.460. The SMILES string of the molecule is O=C(Nc1cccc(OCCn2cccn2)c1)c1cc([N+](=O)[O-])ccc1Sc1ccccc1F. The maximum absolute atomic E-state index is 14.1. The lowest BCUT2D eigenvalue weighted by molar-refractivity contribution is -0.384. The lowest BCUT2D eigenvalue weighted by Crippen LogP contribution is -2.14. The molecule has 0 unspecified atom stereocenters. The lowest BCUT2D eigenvalue weighted by Gasteiger charge is -2.12. The fraction of sp³-hybridized carbons (Fsp3) is 0.0833. The first-order chi connectivity index (χ1) is 16.5. The highest BCUT2D eigenvalue weighted by atomic mass is 32.2. The monoisotopic (exact) mass is 478 g/mol. The number of halogens is 1. The molecule has 1 amide bonds. The van der Waals surface area contributed by atoms with Crippen LogP contribution in [0.2, 0.25) is 0 Å². The molecule has 0 aliphatic rings. The van der Waals surface area contributed by atoms with Gasteiger partial charge in [0.25, 0.3) is 11.6 Å². The molecule has 0 atom stereocenters. The van der Waals surface area contributed by atoms with Crippen molar-refractivity contribution in [2.45, 2.75) is 16.3 Å². The van der Waals surface area contributed by atoms with E-state index in [-0.39, 0.29) is 11.3 Å². The zero-order valence-corrected chi connectivity index (χ0v) is 18.6. The van der Waals surface area contributed by atoms with E-state index < -0.39 is 16.6 Å². The molecule has 0 saturated heterocycles. The largest absolute Gasteiger partial charge is 0.492 e. The van der Waals surface area contributed by atoms with Crippen LogP contribution < -0.4 is 10.1 Å². The molecule has 1 heterocycles. The molecule has 4 aromatic rings. The van der Waals surface area contributed by atoms with Crippen LogP contribution in [0.25, 0.3) is 0 Å². The Morgan fingerprint density at radius 3 is 2.71 bits per heavy atom. The standard InChI is InChI=1S/C24H19FN4O4S/c25-21-7-1-2-8-23(21)34-22-10-9-18(29(31)32)16-20(22)24(30)27-17-5-3-6-19(15-17)33-14-13-28-12-4-11-26-28/h1-12,15-16H,13-14H2,(H,27,30). The van der Waals surface area contributed by atoms with Gasteiger partial charge in [-0.2, -0.15) is 5.10 Å². The van der Waals surface area contributed by atoms with Crippen LogP contribution >= 0.6 is 11.8 Å². The number of carbonyl (C=O) groups excluding carboxylic acids is 1. The second kappa shape index (κ2) is 10.6. The van der Waals surface area contributed by atoms with Gasteiger partial charge in [0.05, 0.1) is 17.0 Å². The Labute approximate surface area is 198 Å². The number of anilines is 1. The molecular formula is C24H19FN4O4S. The third kappa shape index (κ3) is 5.78. The van der Waals surface area contributed by atoms with Gasteiger partial charge in [0, 0.05) is 46.1 Å². The van der Waals surface area contributed by atoms with Crippen LogP contribution in [0.15, 0.2) is 95.0 Å². The number of hydrogen-bond donors (Lipinski definition) is 1. The third-order valence-corrected chi connectivity index (χ3v) is 5.84. The molecule has 1 aromatic heterocycles. The zero-order chi connectivity index (χ0) is 23.9. The number of hydrogen-bond acceptors (Lipinski definition) is 6. The van der Waals surface area contributed by atoms with Crippen molar-refractivity contribution in [1.82, 2.24) is 9.78 Å². The smallest absolute Gasteiger partial charge is 0.270 e. The number of non-ortho nitro benzene ring substituents is 1. The third-order valence-electron chi connectivity index (χ3n) is 4.72. The zero-order valence-electron chi connectivity index (χ0n) is 17.8. The summed E-state index contributed by atoms with van der Waals surface area (Å²) < 4.78 is 21.6. The average molecular weight is 479 g/mol. The summed E-state index contributed by atoms with van der Waals surface area (Å²) in [7, 11) is 0. The Bertz CT molecular complexity index is 1310. The van der Waals surface area contributed by atoms with E-state index in [0.29, 0.717) is 34.4 Å². The number of carbonyl (C=O) groups is 1. The van der Waals surface area contributed by atoms with E-state index in [9.17, 15) is 19.3 Å². The van der Waals surface area contributed by atoms with Gasteiger partial charge >= 0.3 is 0 Å². The fourth-order valence-corrected chi connectivity index (χ4v) is 4.04. The van der Waals surface area contributed by atoms with Crippen LogP contribution in [0.1, 0.15) is 10.4 Å². The summed E-state index contributed by atoms with van der Waals surface area (Å²) in [5, 5.41) is 18.1. The predicted molar refractivity (Wildman–Crippen MR) is 126 cm³/mol. The maximum Gasteiger partial charge on any atom is 0.270 e. The van der Waals surface area contributed by atoms with Crippen LogP contribution in [0.5, 0.6) is 5.75 Å². The maximum atomic E-state index is 14.1. The normalized spacial score (nSPS) is 10.6. The summed E-state index contributed by atoms with van der Waals surface area (Å²) in [6.07, 6.45) is 3.51. The molecule has 0 spiro atoms. The molecule has 0 aliphatic heterocycles. The minimum absolute atomic E-state index is 0.0625. The molecular weight excluding hydrogens is 459 g/mol. The highest BCUT2D eigenvalue weighted by molar-refractivity contribution is 7.99. The molecule has 4 rings (SSSR count). The van der Waals surface area contributed by atoms with E-state index in [4.69, 9.17) is 4.74 Å². The first-order valence-corrected chi connectivity index (χ1v) is 11.0. The molecule has 0 bridgehead atoms. The van der Waals surface area contributed by atoms with Gasteiger partial charge in [0.2, 0.25) is 0 Å². The first kappa shape index (κ1) is 23.0. The predicted octanol–water partition coefficient (Wildman–Crippen LogP) is 5.41. The summed E-state index contributed by atoms with van der Waals surface area (Å²) in [6.45, 7) is 0.946. The lowest BCUT2D eigenvalue weighted by atomic mass is 10.1. The summed E-state index contributed by atoms with van der Waals surface area (Å²) in [6, 6.07) is 18.7. The number of nitro benzene ring substituents is 1. The molecule has 0 fully saturated rings. The average Bonchev–Trinajstić information content (AvgIpc) is 3.34. The first-order valence-electron chi connectivity index (χ1n) is 10.2. The van der Waals surface area contributed by atoms with E-state index in [2.05, 4.69) is 10.4 Å². The molecule has 1 N–H and O–H groups in total. The summed E-state index contributed by atoms with van der Waals surface area (Å²) in [4.78, 5) is 24.5.